The number of hydrogen-bond acceptors (Lipinski definition) is 2. The number of alkyl halides is 3. The molecule has 0 aliphatic heterocycles. The quantitative estimate of drug-likeness (QED) is 0.541. The molecule has 88 valence electrons. The maximum absolute atomic E-state index is 12.0. The zero-order valence-electron chi connectivity index (χ0n) is 9.02. The molecule has 0 fully saturated rings. The summed E-state index contributed by atoms with van der Waals surface area (Å²) in [6, 6.07) is 0. The van der Waals surface area contributed by atoms with Gasteiger partial charge >= 0.3 is 12.1 Å². The number of halogens is 3. The van der Waals surface area contributed by atoms with Crippen LogP contribution in [0.5, 0.6) is 0 Å². The van der Waals surface area contributed by atoms with E-state index < -0.39 is 17.7 Å². The Bertz CT molecular complexity index is 242. The Morgan fingerprint density at radius 3 is 2.33 bits per heavy atom. The van der Waals surface area contributed by atoms with Crippen LogP contribution in [-0.2, 0) is 9.53 Å². The molecule has 0 N–H and O–H groups in total. The van der Waals surface area contributed by atoms with Crippen molar-refractivity contribution < 1.29 is 22.7 Å². The van der Waals surface area contributed by atoms with Crippen molar-refractivity contribution in [1.82, 2.24) is 0 Å². The molecule has 0 aliphatic carbocycles. The largest absolute Gasteiger partial charge is 0.463 e. The van der Waals surface area contributed by atoms with Gasteiger partial charge in [0.2, 0.25) is 0 Å². The predicted octanol–water partition coefficient (Wildman–Crippen LogP) is 3.08. The highest BCUT2D eigenvalue weighted by molar-refractivity contribution is 5.82. The lowest BCUT2D eigenvalue weighted by atomic mass is 10.1. The normalized spacial score (nSPS) is 13.1. The second kappa shape index (κ2) is 5.78. The fourth-order valence-electron chi connectivity index (χ4n) is 0.695. The smallest absolute Gasteiger partial charge is 0.412 e. The van der Waals surface area contributed by atoms with Gasteiger partial charge in [0.15, 0.2) is 0 Å². The number of esters is 1. The lowest BCUT2D eigenvalue weighted by molar-refractivity contribution is -0.139. The molecule has 0 heterocycles. The SMILES string of the molecule is C/C(=C\C(=O)OCCC(C)C)C(F)(F)F. The fourth-order valence-corrected chi connectivity index (χ4v) is 0.695. The lowest BCUT2D eigenvalue weighted by Crippen LogP contribution is -2.12. The van der Waals surface area contributed by atoms with Crippen LogP contribution in [0.25, 0.3) is 0 Å². The molecule has 0 rings (SSSR count). The van der Waals surface area contributed by atoms with Gasteiger partial charge in [0.1, 0.15) is 0 Å². The highest BCUT2D eigenvalue weighted by Crippen LogP contribution is 2.24. The zero-order chi connectivity index (χ0) is 12.1. The van der Waals surface area contributed by atoms with Crippen LogP contribution in [0.2, 0.25) is 0 Å². The van der Waals surface area contributed by atoms with Crippen molar-refractivity contribution in [2.24, 2.45) is 5.92 Å². The molecule has 0 atom stereocenters. The fraction of sp³-hybridized carbons (Fsp3) is 0.700. The Balaban J connectivity index is 4.03. The molecule has 0 aromatic rings. The number of carbonyl (C=O) groups is 1. The molecule has 0 aliphatic rings. The summed E-state index contributed by atoms with van der Waals surface area (Å²) in [6.07, 6.45) is -3.35. The molecule has 0 spiro atoms. The summed E-state index contributed by atoms with van der Waals surface area (Å²) in [5, 5.41) is 0. The summed E-state index contributed by atoms with van der Waals surface area (Å²) in [5.41, 5.74) is -0.947. The van der Waals surface area contributed by atoms with Crippen LogP contribution < -0.4 is 0 Å². The van der Waals surface area contributed by atoms with E-state index in [4.69, 9.17) is 0 Å². The van der Waals surface area contributed by atoms with Crippen LogP contribution in [0.4, 0.5) is 13.2 Å². The zero-order valence-corrected chi connectivity index (χ0v) is 9.02. The molecular weight excluding hydrogens is 209 g/mol. The molecular formula is C10H15F3O2. The predicted molar refractivity (Wildman–Crippen MR) is 50.2 cm³/mol. The number of carbonyl (C=O) groups excluding carboxylic acids is 1. The van der Waals surface area contributed by atoms with Crippen LogP contribution in [0.1, 0.15) is 27.2 Å². The van der Waals surface area contributed by atoms with Gasteiger partial charge in [-0.1, -0.05) is 13.8 Å². The molecule has 0 radical (unpaired) electrons. The monoisotopic (exact) mass is 224 g/mol. The molecule has 0 saturated heterocycles. The molecule has 15 heavy (non-hydrogen) atoms. The van der Waals surface area contributed by atoms with Crippen molar-refractivity contribution in [2.75, 3.05) is 6.61 Å². The molecule has 0 unspecified atom stereocenters. The standard InChI is InChI=1S/C10H15F3O2/c1-7(2)4-5-15-9(14)6-8(3)10(11,12)13/h6-7H,4-5H2,1-3H3/b8-6+. The van der Waals surface area contributed by atoms with Crippen molar-refractivity contribution in [3.8, 4) is 0 Å². The van der Waals surface area contributed by atoms with Crippen LogP contribution in [0.15, 0.2) is 11.6 Å². The van der Waals surface area contributed by atoms with Crippen molar-refractivity contribution in [1.29, 1.82) is 0 Å². The Morgan fingerprint density at radius 2 is 1.93 bits per heavy atom. The van der Waals surface area contributed by atoms with Crippen LogP contribution in [0.3, 0.4) is 0 Å². The van der Waals surface area contributed by atoms with E-state index in [2.05, 4.69) is 4.74 Å². The van der Waals surface area contributed by atoms with E-state index in [1.54, 1.807) is 0 Å². The summed E-state index contributed by atoms with van der Waals surface area (Å²) >= 11 is 0. The average molecular weight is 224 g/mol. The second-order valence-electron chi connectivity index (χ2n) is 3.68. The van der Waals surface area contributed by atoms with Gasteiger partial charge in [-0.25, -0.2) is 4.79 Å². The number of ether oxygens (including phenoxy) is 1. The minimum absolute atomic E-state index is 0.151. The van der Waals surface area contributed by atoms with Gasteiger partial charge in [0.25, 0.3) is 0 Å². The molecule has 0 amide bonds. The highest BCUT2D eigenvalue weighted by atomic mass is 19.4. The van der Waals surface area contributed by atoms with E-state index >= 15 is 0 Å². The van der Waals surface area contributed by atoms with Crippen LogP contribution in [-0.4, -0.2) is 18.8 Å². The van der Waals surface area contributed by atoms with Gasteiger partial charge in [-0.05, 0) is 19.3 Å². The highest BCUT2D eigenvalue weighted by Gasteiger charge is 2.30. The maximum Gasteiger partial charge on any atom is 0.412 e. The van der Waals surface area contributed by atoms with Crippen molar-refractivity contribution >= 4 is 5.97 Å². The van der Waals surface area contributed by atoms with E-state index in [9.17, 15) is 18.0 Å². The first-order chi connectivity index (χ1) is 6.73. The van der Waals surface area contributed by atoms with Crippen LogP contribution in [0, 0.1) is 5.92 Å². The van der Waals surface area contributed by atoms with Crippen molar-refractivity contribution in [2.45, 2.75) is 33.4 Å². The second-order valence-corrected chi connectivity index (χ2v) is 3.68. The number of hydrogen-bond donors (Lipinski definition) is 0. The first-order valence-electron chi connectivity index (χ1n) is 4.65. The first-order valence-corrected chi connectivity index (χ1v) is 4.65. The number of rotatable bonds is 4. The third-order valence-corrected chi connectivity index (χ3v) is 1.72. The maximum atomic E-state index is 12.0. The molecule has 0 aromatic carbocycles. The van der Waals surface area contributed by atoms with Gasteiger partial charge in [-0.3, -0.25) is 0 Å². The van der Waals surface area contributed by atoms with E-state index in [0.29, 0.717) is 18.4 Å². The topological polar surface area (TPSA) is 26.3 Å². The van der Waals surface area contributed by atoms with E-state index in [-0.39, 0.29) is 6.61 Å². The minimum Gasteiger partial charge on any atom is -0.463 e. The molecule has 0 bridgehead atoms. The Labute approximate surface area is 87.1 Å². The third kappa shape index (κ3) is 6.99. The number of allylic oxidation sites excluding steroid dienone is 1. The summed E-state index contributed by atoms with van der Waals surface area (Å²) in [7, 11) is 0. The minimum atomic E-state index is -4.46. The van der Waals surface area contributed by atoms with Crippen molar-refractivity contribution in [3.05, 3.63) is 11.6 Å². The van der Waals surface area contributed by atoms with E-state index in [1.165, 1.54) is 0 Å². The van der Waals surface area contributed by atoms with Crippen molar-refractivity contribution in [3.63, 3.8) is 0 Å². The Morgan fingerprint density at radius 1 is 1.40 bits per heavy atom. The summed E-state index contributed by atoms with van der Waals surface area (Å²) in [4.78, 5) is 10.9. The van der Waals surface area contributed by atoms with Gasteiger partial charge in [0.05, 0.1) is 6.61 Å². The lowest BCUT2D eigenvalue weighted by Gasteiger charge is -2.07. The van der Waals surface area contributed by atoms with Gasteiger partial charge in [-0.15, -0.1) is 0 Å². The summed E-state index contributed by atoms with van der Waals surface area (Å²) < 4.78 is 40.6. The molecule has 5 heteroatoms. The van der Waals surface area contributed by atoms with Crippen LogP contribution >= 0.6 is 0 Å². The summed E-state index contributed by atoms with van der Waals surface area (Å²) in [5.74, 6) is -0.587. The Hall–Kier alpha value is -1.00. The first kappa shape index (κ1) is 14.0. The van der Waals surface area contributed by atoms with E-state index in [0.717, 1.165) is 6.92 Å². The summed E-state index contributed by atoms with van der Waals surface area (Å²) in [6.45, 7) is 4.86. The van der Waals surface area contributed by atoms with Gasteiger partial charge < -0.3 is 4.74 Å². The Kier molecular flexibility index (Phi) is 5.39. The average Bonchev–Trinajstić information content (AvgIpc) is 2.01. The van der Waals surface area contributed by atoms with Gasteiger partial charge in [0, 0.05) is 11.6 Å². The van der Waals surface area contributed by atoms with E-state index in [1.807, 2.05) is 13.8 Å². The molecule has 0 aromatic heterocycles. The molecule has 0 saturated carbocycles. The van der Waals surface area contributed by atoms with Gasteiger partial charge in [-0.2, -0.15) is 13.2 Å². The molecule has 2 nitrogen and oxygen atoms in total. The third-order valence-electron chi connectivity index (χ3n) is 1.72.